The first kappa shape index (κ1) is 14.9. The lowest BCUT2D eigenvalue weighted by Crippen LogP contribution is -2.39. The fourth-order valence-corrected chi connectivity index (χ4v) is 3.42. The number of likely N-dealkylation sites (tertiary alicyclic amines) is 1. The number of nitrogens with one attached hydrogen (secondary N) is 1. The maximum absolute atomic E-state index is 12.7. The van der Waals surface area contributed by atoms with Gasteiger partial charge < -0.3 is 14.8 Å². The Hall–Kier alpha value is -1.00. The van der Waals surface area contributed by atoms with Crippen LogP contribution in [0.1, 0.15) is 48.6 Å². The summed E-state index contributed by atoms with van der Waals surface area (Å²) in [5.41, 5.74) is 0.774. The lowest BCUT2D eigenvalue weighted by atomic mass is 9.93. The molecular weight excluding hydrogens is 286 g/mol. The van der Waals surface area contributed by atoms with Gasteiger partial charge in [-0.1, -0.05) is 11.6 Å². The first-order valence-corrected chi connectivity index (χ1v) is 8.38. The molecule has 0 radical (unpaired) electrons. The summed E-state index contributed by atoms with van der Waals surface area (Å²) in [6.07, 6.45) is 7.68. The van der Waals surface area contributed by atoms with Gasteiger partial charge in [-0.25, -0.2) is 0 Å². The lowest BCUT2D eigenvalue weighted by Gasteiger charge is -2.32. The van der Waals surface area contributed by atoms with Crippen molar-refractivity contribution in [3.63, 3.8) is 0 Å². The summed E-state index contributed by atoms with van der Waals surface area (Å²) in [4.78, 5) is 14.7. The summed E-state index contributed by atoms with van der Waals surface area (Å²) >= 11 is 6.10. The first-order valence-electron chi connectivity index (χ1n) is 8.00. The van der Waals surface area contributed by atoms with E-state index in [1.165, 1.54) is 6.42 Å². The van der Waals surface area contributed by atoms with Crippen molar-refractivity contribution in [3.05, 3.63) is 23.0 Å². The Balaban J connectivity index is 1.61. The number of rotatable bonds is 5. The summed E-state index contributed by atoms with van der Waals surface area (Å²) < 4.78 is 2.08. The quantitative estimate of drug-likeness (QED) is 0.908. The first-order chi connectivity index (χ1) is 10.2. The van der Waals surface area contributed by atoms with Crippen molar-refractivity contribution in [2.45, 2.75) is 38.1 Å². The Morgan fingerprint density at radius 3 is 2.67 bits per heavy atom. The van der Waals surface area contributed by atoms with E-state index >= 15 is 0 Å². The molecule has 116 valence electrons. The van der Waals surface area contributed by atoms with Gasteiger partial charge in [-0.05, 0) is 57.7 Å². The van der Waals surface area contributed by atoms with Crippen LogP contribution in [-0.2, 0) is 0 Å². The molecule has 21 heavy (non-hydrogen) atoms. The minimum Gasteiger partial charge on any atom is -0.339 e. The highest BCUT2D eigenvalue weighted by Crippen LogP contribution is 2.38. The Labute approximate surface area is 131 Å². The molecule has 0 unspecified atom stereocenters. The Kier molecular flexibility index (Phi) is 4.55. The normalized spacial score (nSPS) is 20.0. The zero-order valence-corrected chi connectivity index (χ0v) is 13.4. The van der Waals surface area contributed by atoms with Gasteiger partial charge in [0.05, 0.1) is 5.02 Å². The van der Waals surface area contributed by atoms with Crippen molar-refractivity contribution in [2.24, 2.45) is 5.92 Å². The maximum Gasteiger partial charge on any atom is 0.270 e. The van der Waals surface area contributed by atoms with Crippen LogP contribution in [0.2, 0.25) is 5.02 Å². The highest BCUT2D eigenvalue weighted by atomic mass is 35.5. The number of hydrogen-bond acceptors (Lipinski definition) is 2. The fraction of sp³-hybridized carbons (Fsp3) is 0.688. The molecule has 3 rings (SSSR count). The van der Waals surface area contributed by atoms with Crippen LogP contribution in [-0.4, -0.2) is 42.1 Å². The van der Waals surface area contributed by atoms with Crippen LogP contribution in [0.5, 0.6) is 0 Å². The number of hydrogen-bond donors (Lipinski definition) is 1. The molecule has 1 aliphatic carbocycles. The summed E-state index contributed by atoms with van der Waals surface area (Å²) in [6.45, 7) is 2.82. The predicted octanol–water partition coefficient (Wildman–Crippen LogP) is 2.94. The summed E-state index contributed by atoms with van der Waals surface area (Å²) in [6, 6.07) is 2.32. The van der Waals surface area contributed by atoms with Gasteiger partial charge in [0.25, 0.3) is 5.91 Å². The van der Waals surface area contributed by atoms with Crippen LogP contribution in [0.15, 0.2) is 12.3 Å². The Morgan fingerprint density at radius 1 is 1.33 bits per heavy atom. The second-order valence-electron chi connectivity index (χ2n) is 6.31. The standard InChI is InChI=1S/C16H24ClN3O/c1-18-7-4-12-5-8-19(9-6-12)16(21)15-10-13(17)11-20(15)14-2-3-14/h10-12,14,18H,2-9H2,1H3. The third-order valence-corrected chi connectivity index (χ3v) is 4.89. The molecule has 1 saturated carbocycles. The minimum absolute atomic E-state index is 0.154. The van der Waals surface area contributed by atoms with Crippen LogP contribution < -0.4 is 5.32 Å². The number of halogens is 1. The van der Waals surface area contributed by atoms with E-state index in [4.69, 9.17) is 11.6 Å². The number of nitrogens with zero attached hydrogens (tertiary/aromatic N) is 2. The van der Waals surface area contributed by atoms with Crippen molar-refractivity contribution in [2.75, 3.05) is 26.7 Å². The van der Waals surface area contributed by atoms with Crippen LogP contribution in [0, 0.1) is 5.92 Å². The van der Waals surface area contributed by atoms with Gasteiger partial charge >= 0.3 is 0 Å². The van der Waals surface area contributed by atoms with Gasteiger partial charge in [-0.3, -0.25) is 4.79 Å². The molecule has 1 aromatic heterocycles. The van der Waals surface area contributed by atoms with Crippen LogP contribution in [0.4, 0.5) is 0 Å². The van der Waals surface area contributed by atoms with Gasteiger partial charge in [-0.2, -0.15) is 0 Å². The van der Waals surface area contributed by atoms with E-state index < -0.39 is 0 Å². The third-order valence-electron chi connectivity index (χ3n) is 4.68. The average Bonchev–Trinajstić information content (AvgIpc) is 3.27. The Bertz CT molecular complexity index is 502. The second kappa shape index (κ2) is 6.41. The molecule has 0 spiro atoms. The molecule has 1 aromatic rings. The van der Waals surface area contributed by atoms with Crippen LogP contribution in [0.25, 0.3) is 0 Å². The smallest absolute Gasteiger partial charge is 0.270 e. The average molecular weight is 310 g/mol. The molecule has 2 heterocycles. The molecule has 1 saturated heterocycles. The number of piperidine rings is 1. The van der Waals surface area contributed by atoms with Crippen LogP contribution >= 0.6 is 11.6 Å². The number of carbonyl (C=O) groups is 1. The van der Waals surface area contributed by atoms with E-state index in [-0.39, 0.29) is 5.91 Å². The molecule has 0 aromatic carbocycles. The number of amides is 1. The van der Waals surface area contributed by atoms with E-state index in [0.717, 1.165) is 56.9 Å². The van der Waals surface area contributed by atoms with Crippen molar-refractivity contribution < 1.29 is 4.79 Å². The van der Waals surface area contributed by atoms with Crippen molar-refractivity contribution in [1.29, 1.82) is 0 Å². The van der Waals surface area contributed by atoms with Gasteiger partial charge in [0.15, 0.2) is 0 Å². The minimum atomic E-state index is 0.154. The molecule has 2 aliphatic rings. The number of carbonyl (C=O) groups excluding carboxylic acids is 1. The predicted molar refractivity (Wildman–Crippen MR) is 84.9 cm³/mol. The van der Waals surface area contributed by atoms with Crippen LogP contribution in [0.3, 0.4) is 0 Å². The molecule has 1 aliphatic heterocycles. The number of aromatic nitrogens is 1. The largest absolute Gasteiger partial charge is 0.339 e. The second-order valence-corrected chi connectivity index (χ2v) is 6.75. The highest BCUT2D eigenvalue weighted by molar-refractivity contribution is 6.31. The van der Waals surface area contributed by atoms with Gasteiger partial charge in [0, 0.05) is 25.3 Å². The Morgan fingerprint density at radius 2 is 2.05 bits per heavy atom. The van der Waals surface area contributed by atoms with Gasteiger partial charge in [-0.15, -0.1) is 0 Å². The van der Waals surface area contributed by atoms with E-state index in [0.29, 0.717) is 11.1 Å². The topological polar surface area (TPSA) is 37.3 Å². The van der Waals surface area contributed by atoms with Crippen molar-refractivity contribution in [1.82, 2.24) is 14.8 Å². The molecule has 1 N–H and O–H groups in total. The van der Waals surface area contributed by atoms with Gasteiger partial charge in [0.2, 0.25) is 0 Å². The summed E-state index contributed by atoms with van der Waals surface area (Å²) in [5.74, 6) is 0.904. The molecule has 5 heteroatoms. The highest BCUT2D eigenvalue weighted by Gasteiger charge is 2.30. The zero-order valence-electron chi connectivity index (χ0n) is 12.6. The lowest BCUT2D eigenvalue weighted by molar-refractivity contribution is 0.0676. The summed E-state index contributed by atoms with van der Waals surface area (Å²) in [7, 11) is 1.99. The van der Waals surface area contributed by atoms with E-state index in [1.54, 1.807) is 0 Å². The SMILES string of the molecule is CNCCC1CCN(C(=O)c2cc(Cl)cn2C2CC2)CC1. The molecule has 0 atom stereocenters. The molecule has 0 bridgehead atoms. The fourth-order valence-electron chi connectivity index (χ4n) is 3.21. The molecular formula is C16H24ClN3O. The van der Waals surface area contributed by atoms with E-state index in [2.05, 4.69) is 9.88 Å². The summed E-state index contributed by atoms with van der Waals surface area (Å²) in [5, 5.41) is 3.88. The third kappa shape index (κ3) is 3.43. The van der Waals surface area contributed by atoms with Crippen molar-refractivity contribution in [3.8, 4) is 0 Å². The monoisotopic (exact) mass is 309 g/mol. The van der Waals surface area contributed by atoms with E-state index in [1.807, 2.05) is 24.2 Å². The molecule has 4 nitrogen and oxygen atoms in total. The zero-order chi connectivity index (χ0) is 14.8. The molecule has 1 amide bonds. The maximum atomic E-state index is 12.7. The van der Waals surface area contributed by atoms with Crippen molar-refractivity contribution >= 4 is 17.5 Å². The van der Waals surface area contributed by atoms with Gasteiger partial charge in [0.1, 0.15) is 5.69 Å². The van der Waals surface area contributed by atoms with E-state index in [9.17, 15) is 4.79 Å². The molecule has 2 fully saturated rings.